The number of anilines is 1. The zero-order valence-corrected chi connectivity index (χ0v) is 21.1. The van der Waals surface area contributed by atoms with Gasteiger partial charge in [-0.05, 0) is 54.5 Å². The molecule has 1 heterocycles. The number of aromatic nitrogens is 3. The normalized spacial score (nSPS) is 12.4. The van der Waals surface area contributed by atoms with Crippen LogP contribution in [0.2, 0.25) is 0 Å². The molecular weight excluding hydrogens is 428 g/mol. The van der Waals surface area contributed by atoms with E-state index in [4.69, 9.17) is 9.47 Å². The number of aryl methyl sites for hydroxylation is 1. The molecule has 182 valence electrons. The smallest absolute Gasteiger partial charge is 0.336 e. The van der Waals surface area contributed by atoms with Crippen LogP contribution in [0, 0.1) is 18.3 Å². The van der Waals surface area contributed by atoms with Gasteiger partial charge in [0.25, 0.3) is 0 Å². The van der Waals surface area contributed by atoms with Crippen LogP contribution in [0.1, 0.15) is 46.1 Å². The Morgan fingerprint density at radius 2 is 1.79 bits per heavy atom. The highest BCUT2D eigenvalue weighted by atomic mass is 16.5. The van der Waals surface area contributed by atoms with Crippen molar-refractivity contribution in [2.24, 2.45) is 11.3 Å². The molecule has 3 rings (SSSR count). The molecule has 0 spiro atoms. The van der Waals surface area contributed by atoms with E-state index >= 15 is 0 Å². The first-order chi connectivity index (χ1) is 16.2. The highest BCUT2D eigenvalue weighted by molar-refractivity contribution is 5.90. The SMILES string of the molecule is COCCOc1nc(-c2ccccc2C)n(-c2ccc(NC(=O)CC(C)CC(C)(C)C)cc2)n1. The molecule has 2 aromatic carbocycles. The fraction of sp³-hybridized carbons (Fsp3) is 0.444. The molecule has 0 fully saturated rings. The summed E-state index contributed by atoms with van der Waals surface area (Å²) in [5.74, 6) is 1.04. The minimum atomic E-state index is 0.0275. The van der Waals surface area contributed by atoms with Gasteiger partial charge in [0.1, 0.15) is 6.61 Å². The van der Waals surface area contributed by atoms with E-state index in [1.807, 2.05) is 55.5 Å². The highest BCUT2D eigenvalue weighted by Crippen LogP contribution is 2.28. The van der Waals surface area contributed by atoms with Crippen molar-refractivity contribution in [3.05, 3.63) is 54.1 Å². The van der Waals surface area contributed by atoms with Gasteiger partial charge in [0, 0.05) is 24.8 Å². The van der Waals surface area contributed by atoms with Gasteiger partial charge < -0.3 is 14.8 Å². The molecule has 0 saturated carbocycles. The Bertz CT molecular complexity index is 1080. The van der Waals surface area contributed by atoms with Crippen LogP contribution < -0.4 is 10.1 Å². The second-order valence-electron chi connectivity index (χ2n) is 9.96. The van der Waals surface area contributed by atoms with E-state index in [0.717, 1.165) is 28.9 Å². The van der Waals surface area contributed by atoms with Gasteiger partial charge in [-0.3, -0.25) is 4.79 Å². The van der Waals surface area contributed by atoms with Gasteiger partial charge in [-0.1, -0.05) is 52.0 Å². The van der Waals surface area contributed by atoms with E-state index < -0.39 is 0 Å². The first-order valence-electron chi connectivity index (χ1n) is 11.7. The van der Waals surface area contributed by atoms with Gasteiger partial charge in [0.2, 0.25) is 5.91 Å². The van der Waals surface area contributed by atoms with Gasteiger partial charge in [-0.2, -0.15) is 4.98 Å². The maximum absolute atomic E-state index is 12.5. The number of methoxy groups -OCH3 is 1. The molecule has 0 aliphatic carbocycles. The molecule has 34 heavy (non-hydrogen) atoms. The second-order valence-corrected chi connectivity index (χ2v) is 9.96. The molecule has 7 nitrogen and oxygen atoms in total. The molecule has 0 radical (unpaired) electrons. The van der Waals surface area contributed by atoms with Crippen LogP contribution in [0.15, 0.2) is 48.5 Å². The van der Waals surface area contributed by atoms with Gasteiger partial charge in [-0.15, -0.1) is 5.10 Å². The van der Waals surface area contributed by atoms with Gasteiger partial charge in [-0.25, -0.2) is 4.68 Å². The van der Waals surface area contributed by atoms with Crippen LogP contribution in [0.5, 0.6) is 6.01 Å². The molecule has 1 aromatic heterocycles. The predicted octanol–water partition coefficient (Wildman–Crippen LogP) is 5.67. The molecule has 0 saturated heterocycles. The van der Waals surface area contributed by atoms with Crippen molar-refractivity contribution in [3.8, 4) is 23.1 Å². The summed E-state index contributed by atoms with van der Waals surface area (Å²) in [7, 11) is 1.62. The Labute approximate surface area is 202 Å². The lowest BCUT2D eigenvalue weighted by Crippen LogP contribution is -2.18. The topological polar surface area (TPSA) is 78.3 Å². The van der Waals surface area contributed by atoms with E-state index in [2.05, 4.69) is 43.1 Å². The quantitative estimate of drug-likeness (QED) is 0.391. The Morgan fingerprint density at radius 3 is 2.44 bits per heavy atom. The van der Waals surface area contributed by atoms with Gasteiger partial charge in [0.05, 0.1) is 12.3 Å². The zero-order valence-electron chi connectivity index (χ0n) is 21.1. The Morgan fingerprint density at radius 1 is 1.09 bits per heavy atom. The maximum Gasteiger partial charge on any atom is 0.336 e. The Balaban J connectivity index is 1.78. The fourth-order valence-electron chi connectivity index (χ4n) is 4.08. The van der Waals surface area contributed by atoms with Crippen molar-refractivity contribution < 1.29 is 14.3 Å². The summed E-state index contributed by atoms with van der Waals surface area (Å²) in [5, 5.41) is 7.58. The number of rotatable bonds is 10. The molecule has 1 N–H and O–H groups in total. The van der Waals surface area contributed by atoms with Crippen LogP contribution in [0.4, 0.5) is 5.69 Å². The number of amides is 1. The first kappa shape index (κ1) is 25.4. The summed E-state index contributed by atoms with van der Waals surface area (Å²) >= 11 is 0. The number of hydrogen-bond donors (Lipinski definition) is 1. The lowest BCUT2D eigenvalue weighted by atomic mass is 9.84. The largest absolute Gasteiger partial charge is 0.460 e. The zero-order chi connectivity index (χ0) is 24.7. The van der Waals surface area contributed by atoms with E-state index in [1.165, 1.54) is 0 Å². The van der Waals surface area contributed by atoms with Crippen LogP contribution in [-0.2, 0) is 9.53 Å². The lowest BCUT2D eigenvalue weighted by molar-refractivity contribution is -0.117. The molecule has 7 heteroatoms. The van der Waals surface area contributed by atoms with Crippen LogP contribution >= 0.6 is 0 Å². The summed E-state index contributed by atoms with van der Waals surface area (Å²) in [4.78, 5) is 17.1. The van der Waals surface area contributed by atoms with E-state index in [1.54, 1.807) is 11.8 Å². The van der Waals surface area contributed by atoms with Crippen molar-refractivity contribution in [2.45, 2.75) is 47.5 Å². The predicted molar refractivity (Wildman–Crippen MR) is 135 cm³/mol. The second kappa shape index (κ2) is 11.3. The molecule has 1 amide bonds. The maximum atomic E-state index is 12.5. The molecule has 3 aromatic rings. The summed E-state index contributed by atoms with van der Waals surface area (Å²) in [5.41, 5.74) is 3.85. The number of benzene rings is 2. The first-order valence-corrected chi connectivity index (χ1v) is 11.7. The molecule has 0 bridgehead atoms. The van der Waals surface area contributed by atoms with Crippen LogP contribution in [-0.4, -0.2) is 41.0 Å². The Hall–Kier alpha value is -3.19. The number of ether oxygens (including phenoxy) is 2. The number of nitrogens with one attached hydrogen (secondary N) is 1. The molecule has 0 aliphatic heterocycles. The summed E-state index contributed by atoms with van der Waals surface area (Å²) < 4.78 is 12.5. The summed E-state index contributed by atoms with van der Waals surface area (Å²) in [6.07, 6.45) is 1.50. The number of carbonyl (C=O) groups excluding carboxylic acids is 1. The monoisotopic (exact) mass is 464 g/mol. The molecule has 0 aliphatic rings. The van der Waals surface area contributed by atoms with E-state index in [-0.39, 0.29) is 11.3 Å². The van der Waals surface area contributed by atoms with E-state index in [0.29, 0.717) is 37.4 Å². The van der Waals surface area contributed by atoms with Crippen molar-refractivity contribution >= 4 is 11.6 Å². The van der Waals surface area contributed by atoms with Crippen LogP contribution in [0.3, 0.4) is 0 Å². The number of carbonyl (C=O) groups is 1. The fourth-order valence-corrected chi connectivity index (χ4v) is 4.08. The van der Waals surface area contributed by atoms with Crippen molar-refractivity contribution in [3.63, 3.8) is 0 Å². The van der Waals surface area contributed by atoms with Crippen molar-refractivity contribution in [2.75, 3.05) is 25.6 Å². The molecule has 1 unspecified atom stereocenters. The molecule has 1 atom stereocenters. The minimum absolute atomic E-state index is 0.0275. The third kappa shape index (κ3) is 7.15. The number of hydrogen-bond acceptors (Lipinski definition) is 5. The summed E-state index contributed by atoms with van der Waals surface area (Å²) in [6, 6.07) is 15.9. The minimum Gasteiger partial charge on any atom is -0.460 e. The third-order valence-corrected chi connectivity index (χ3v) is 5.38. The third-order valence-electron chi connectivity index (χ3n) is 5.38. The van der Waals surface area contributed by atoms with Gasteiger partial charge in [0.15, 0.2) is 5.82 Å². The highest BCUT2D eigenvalue weighted by Gasteiger charge is 2.19. The van der Waals surface area contributed by atoms with Crippen molar-refractivity contribution in [1.29, 1.82) is 0 Å². The average Bonchev–Trinajstić information content (AvgIpc) is 3.17. The van der Waals surface area contributed by atoms with Gasteiger partial charge >= 0.3 is 6.01 Å². The van der Waals surface area contributed by atoms with Crippen LogP contribution in [0.25, 0.3) is 17.1 Å². The summed E-state index contributed by atoms with van der Waals surface area (Å²) in [6.45, 7) is 11.6. The standard InChI is InChI=1S/C27H36N4O3/c1-19(18-27(3,4)5)17-24(32)28-21-11-13-22(14-12-21)31-25(23-10-8-7-9-20(23)2)29-26(30-31)34-16-15-33-6/h7-14,19H,15-18H2,1-6H3,(H,28,32). The number of nitrogens with zero attached hydrogens (tertiary/aromatic N) is 3. The van der Waals surface area contributed by atoms with E-state index in [9.17, 15) is 4.79 Å². The molecular formula is C27H36N4O3. The van der Waals surface area contributed by atoms with Crippen molar-refractivity contribution in [1.82, 2.24) is 14.8 Å². The Kier molecular flexibility index (Phi) is 8.45. The lowest BCUT2D eigenvalue weighted by Gasteiger charge is -2.22. The average molecular weight is 465 g/mol.